The fourth-order valence-corrected chi connectivity index (χ4v) is 0.992. The third kappa shape index (κ3) is 4.20. The van der Waals surface area contributed by atoms with E-state index in [2.05, 4.69) is 4.74 Å². The van der Waals surface area contributed by atoms with Crippen LogP contribution in [-0.2, 0) is 0 Å². The van der Waals surface area contributed by atoms with Crippen LogP contribution in [0, 0.1) is 30.2 Å². The first-order valence-electron chi connectivity index (χ1n) is 5.96. The molecule has 1 aromatic rings. The Hall–Kier alpha value is -1.26. The molecule has 18 heavy (non-hydrogen) atoms. The summed E-state index contributed by atoms with van der Waals surface area (Å²) in [5.41, 5.74) is -0.691. The molecular weight excluding hydrogens is 248 g/mol. The molecule has 1 rings (SSSR count). The van der Waals surface area contributed by atoms with Crippen molar-refractivity contribution in [3.05, 3.63) is 28.8 Å². The summed E-state index contributed by atoms with van der Waals surface area (Å²) in [6.45, 7) is 10.3. The summed E-state index contributed by atoms with van der Waals surface area (Å²) >= 11 is 0. The maximum atomic E-state index is 13.0. The number of ether oxygens (including phenoxy) is 1. The van der Waals surface area contributed by atoms with Gasteiger partial charge in [0.05, 0.1) is 6.61 Å². The molecule has 0 atom stereocenters. The summed E-state index contributed by atoms with van der Waals surface area (Å²) < 4.78 is 56.2. The number of rotatable bonds is 2. The largest absolute Gasteiger partial charge is 0.488 e. The molecule has 0 aliphatic carbocycles. The van der Waals surface area contributed by atoms with E-state index in [1.165, 1.54) is 6.92 Å². The first-order chi connectivity index (χ1) is 8.50. The van der Waals surface area contributed by atoms with Crippen molar-refractivity contribution in [1.29, 1.82) is 0 Å². The van der Waals surface area contributed by atoms with E-state index in [-0.39, 0.29) is 6.61 Å². The van der Waals surface area contributed by atoms with Crippen LogP contribution in [0.3, 0.4) is 0 Å². The van der Waals surface area contributed by atoms with Crippen molar-refractivity contribution in [3.63, 3.8) is 0 Å². The topological polar surface area (TPSA) is 9.23 Å². The van der Waals surface area contributed by atoms with Gasteiger partial charge in [-0.05, 0) is 13.8 Å². The number of benzene rings is 1. The van der Waals surface area contributed by atoms with Crippen LogP contribution < -0.4 is 4.74 Å². The zero-order valence-corrected chi connectivity index (χ0v) is 11.6. The fourth-order valence-electron chi connectivity index (χ4n) is 0.992. The molecule has 0 radical (unpaired) electrons. The molecule has 1 aromatic carbocycles. The van der Waals surface area contributed by atoms with Gasteiger partial charge < -0.3 is 4.74 Å². The Morgan fingerprint density at radius 1 is 0.778 bits per heavy atom. The highest BCUT2D eigenvalue weighted by atomic mass is 19.2. The van der Waals surface area contributed by atoms with Gasteiger partial charge in [0, 0.05) is 5.56 Å². The van der Waals surface area contributed by atoms with E-state index in [9.17, 15) is 17.6 Å². The molecule has 0 fully saturated rings. The number of hydrogen-bond acceptors (Lipinski definition) is 1. The van der Waals surface area contributed by atoms with Gasteiger partial charge in [0.25, 0.3) is 0 Å². The van der Waals surface area contributed by atoms with Crippen LogP contribution in [0.1, 0.15) is 40.2 Å². The Balaban J connectivity index is 0. The van der Waals surface area contributed by atoms with Gasteiger partial charge >= 0.3 is 0 Å². The van der Waals surface area contributed by atoms with Crippen LogP contribution in [0.5, 0.6) is 5.75 Å². The van der Waals surface area contributed by atoms with Crippen molar-refractivity contribution >= 4 is 0 Å². The maximum absolute atomic E-state index is 13.0. The van der Waals surface area contributed by atoms with Gasteiger partial charge in [-0.1, -0.05) is 27.7 Å². The summed E-state index contributed by atoms with van der Waals surface area (Å²) in [6, 6.07) is 0. The Morgan fingerprint density at radius 3 is 1.39 bits per heavy atom. The molecule has 0 heterocycles. The molecule has 0 aliphatic rings. The summed E-state index contributed by atoms with van der Waals surface area (Å²) in [5, 5.41) is 0. The molecular formula is C13H20F4O. The minimum Gasteiger partial charge on any atom is -0.488 e. The Labute approximate surface area is 106 Å². The highest BCUT2D eigenvalue weighted by Crippen LogP contribution is 2.29. The Bertz CT molecular complexity index is 335. The molecule has 5 heteroatoms. The van der Waals surface area contributed by atoms with Gasteiger partial charge in [-0.3, -0.25) is 0 Å². The van der Waals surface area contributed by atoms with Gasteiger partial charge in [0.1, 0.15) is 0 Å². The predicted molar refractivity (Wildman–Crippen MR) is 64.9 cm³/mol. The van der Waals surface area contributed by atoms with Gasteiger partial charge in [-0.15, -0.1) is 0 Å². The second-order valence-corrected chi connectivity index (χ2v) is 2.64. The average molecular weight is 268 g/mol. The lowest BCUT2D eigenvalue weighted by atomic mass is 10.2. The molecule has 0 N–H and O–H groups in total. The molecule has 106 valence electrons. The zero-order valence-electron chi connectivity index (χ0n) is 11.6. The smallest absolute Gasteiger partial charge is 0.204 e. The fraction of sp³-hybridized carbons (Fsp3) is 0.538. The molecule has 0 bridgehead atoms. The van der Waals surface area contributed by atoms with Crippen LogP contribution in [0.2, 0.25) is 0 Å². The van der Waals surface area contributed by atoms with E-state index >= 15 is 0 Å². The molecule has 0 saturated heterocycles. The van der Waals surface area contributed by atoms with Crippen molar-refractivity contribution in [2.75, 3.05) is 6.61 Å². The van der Waals surface area contributed by atoms with Crippen LogP contribution in [0.25, 0.3) is 0 Å². The van der Waals surface area contributed by atoms with Crippen molar-refractivity contribution in [1.82, 2.24) is 0 Å². The normalized spacial score (nSPS) is 8.78. The summed E-state index contributed by atoms with van der Waals surface area (Å²) in [7, 11) is 0. The lowest BCUT2D eigenvalue weighted by Gasteiger charge is -2.09. The Kier molecular flexibility index (Phi) is 10.3. The highest BCUT2D eigenvalue weighted by Gasteiger charge is 2.23. The van der Waals surface area contributed by atoms with Crippen molar-refractivity contribution in [2.24, 2.45) is 0 Å². The molecule has 0 saturated carbocycles. The van der Waals surface area contributed by atoms with Crippen LogP contribution in [0.15, 0.2) is 0 Å². The molecule has 0 unspecified atom stereocenters. The number of halogens is 4. The monoisotopic (exact) mass is 268 g/mol. The third-order valence-electron chi connectivity index (χ3n) is 1.73. The standard InChI is InChI=1S/C9H8F4O.2C2H6/c1-3-14-9-7(12)5(10)4(2)6(11)8(9)13;2*1-2/h3H2,1-2H3;2*1-2H3. The van der Waals surface area contributed by atoms with Gasteiger partial charge in [0.2, 0.25) is 11.6 Å². The second kappa shape index (κ2) is 9.74. The van der Waals surface area contributed by atoms with Crippen molar-refractivity contribution in [3.8, 4) is 5.75 Å². The van der Waals surface area contributed by atoms with E-state index in [0.717, 1.165) is 6.92 Å². The molecule has 0 aliphatic heterocycles. The van der Waals surface area contributed by atoms with E-state index in [1.54, 1.807) is 0 Å². The minimum atomic E-state index is -1.50. The molecule has 0 spiro atoms. The van der Waals surface area contributed by atoms with Crippen LogP contribution >= 0.6 is 0 Å². The lowest BCUT2D eigenvalue weighted by Crippen LogP contribution is -2.05. The van der Waals surface area contributed by atoms with E-state index in [4.69, 9.17) is 0 Å². The average Bonchev–Trinajstić information content (AvgIpc) is 2.43. The summed E-state index contributed by atoms with van der Waals surface area (Å²) in [5.74, 6) is -6.85. The van der Waals surface area contributed by atoms with Crippen LogP contribution in [-0.4, -0.2) is 6.61 Å². The molecule has 0 aromatic heterocycles. The molecule has 0 amide bonds. The van der Waals surface area contributed by atoms with Crippen molar-refractivity contribution in [2.45, 2.75) is 41.5 Å². The first-order valence-corrected chi connectivity index (χ1v) is 5.96. The summed E-state index contributed by atoms with van der Waals surface area (Å²) in [4.78, 5) is 0. The van der Waals surface area contributed by atoms with E-state index in [0.29, 0.717) is 0 Å². The third-order valence-corrected chi connectivity index (χ3v) is 1.73. The van der Waals surface area contributed by atoms with Gasteiger partial charge in [-0.25, -0.2) is 8.78 Å². The van der Waals surface area contributed by atoms with Crippen LogP contribution in [0.4, 0.5) is 17.6 Å². The zero-order chi connectivity index (χ0) is 14.9. The Morgan fingerprint density at radius 2 is 1.11 bits per heavy atom. The highest BCUT2D eigenvalue weighted by molar-refractivity contribution is 5.33. The predicted octanol–water partition coefficient (Wildman–Crippen LogP) is 5.00. The second-order valence-electron chi connectivity index (χ2n) is 2.64. The van der Waals surface area contributed by atoms with E-state index in [1.807, 2.05) is 27.7 Å². The van der Waals surface area contributed by atoms with E-state index < -0.39 is 34.6 Å². The summed E-state index contributed by atoms with van der Waals surface area (Å²) in [6.07, 6.45) is 0. The number of hydrogen-bond donors (Lipinski definition) is 0. The molecule has 1 nitrogen and oxygen atoms in total. The SMILES string of the molecule is CC.CC.CCOc1c(F)c(F)c(C)c(F)c1F. The maximum Gasteiger partial charge on any atom is 0.204 e. The minimum absolute atomic E-state index is 0.0736. The van der Waals surface area contributed by atoms with Gasteiger partial charge in [-0.2, -0.15) is 8.78 Å². The van der Waals surface area contributed by atoms with Gasteiger partial charge in [0.15, 0.2) is 17.4 Å². The van der Waals surface area contributed by atoms with Crippen molar-refractivity contribution < 1.29 is 22.3 Å². The quantitative estimate of drug-likeness (QED) is 0.541. The lowest BCUT2D eigenvalue weighted by molar-refractivity contribution is 0.285. The first kappa shape index (κ1) is 19.1.